The zero-order valence-electron chi connectivity index (χ0n) is 11.3. The second-order valence-corrected chi connectivity index (χ2v) is 5.33. The molecule has 0 saturated heterocycles. The molecule has 1 unspecified atom stereocenters. The summed E-state index contributed by atoms with van der Waals surface area (Å²) in [6.07, 6.45) is 3.48. The van der Waals surface area contributed by atoms with Crippen LogP contribution in [-0.2, 0) is 19.4 Å². The Hall–Kier alpha value is -1.20. The van der Waals surface area contributed by atoms with Gasteiger partial charge in [0.05, 0.1) is 0 Å². The first kappa shape index (κ1) is 14.2. The lowest BCUT2D eigenvalue weighted by atomic mass is 10.0. The van der Waals surface area contributed by atoms with Gasteiger partial charge in [-0.25, -0.2) is 4.98 Å². The first-order chi connectivity index (χ1) is 9.24. The predicted molar refractivity (Wildman–Crippen MR) is 80.1 cm³/mol. The van der Waals surface area contributed by atoms with Crippen molar-refractivity contribution in [3.05, 3.63) is 46.5 Å². The van der Waals surface area contributed by atoms with E-state index in [1.807, 2.05) is 17.8 Å². The molecule has 0 aliphatic carbocycles. The lowest BCUT2D eigenvalue weighted by Crippen LogP contribution is -2.31. The molecule has 0 saturated carbocycles. The van der Waals surface area contributed by atoms with Gasteiger partial charge in [0, 0.05) is 23.5 Å². The molecule has 2 rings (SSSR count). The molecule has 0 aliphatic rings. The summed E-state index contributed by atoms with van der Waals surface area (Å²) < 4.78 is 3.11. The monoisotopic (exact) mass is 322 g/mol. The smallest absolute Gasteiger partial charge is 0.138 e. The van der Waals surface area contributed by atoms with E-state index < -0.39 is 0 Å². The molecule has 1 aromatic carbocycles. The summed E-state index contributed by atoms with van der Waals surface area (Å²) in [6, 6.07) is 8.69. The molecule has 4 nitrogen and oxygen atoms in total. The third kappa shape index (κ3) is 3.64. The van der Waals surface area contributed by atoms with Crippen molar-refractivity contribution in [1.29, 1.82) is 0 Å². The molecule has 0 radical (unpaired) electrons. The number of nitrogens with one attached hydrogen (secondary N) is 1. The van der Waals surface area contributed by atoms with Crippen LogP contribution in [0, 0.1) is 0 Å². The number of benzene rings is 1. The Kier molecular flexibility index (Phi) is 5.10. The second kappa shape index (κ2) is 6.82. The topological polar surface area (TPSA) is 42.7 Å². The van der Waals surface area contributed by atoms with Crippen LogP contribution in [0.4, 0.5) is 0 Å². The quantitative estimate of drug-likeness (QED) is 0.888. The van der Waals surface area contributed by atoms with Gasteiger partial charge in [0.15, 0.2) is 0 Å². The summed E-state index contributed by atoms with van der Waals surface area (Å²) in [5.74, 6) is 1.04. The van der Waals surface area contributed by atoms with Crippen molar-refractivity contribution in [3.8, 4) is 0 Å². The van der Waals surface area contributed by atoms with Gasteiger partial charge < -0.3 is 5.32 Å². The SMILES string of the molecule is CCn1ncnc1CC(Cc1ccccc1Br)NC. The van der Waals surface area contributed by atoms with E-state index in [2.05, 4.69) is 56.5 Å². The van der Waals surface area contributed by atoms with Crippen LogP contribution in [-0.4, -0.2) is 27.9 Å². The molecule has 1 aromatic heterocycles. The zero-order chi connectivity index (χ0) is 13.7. The molecular weight excluding hydrogens is 304 g/mol. The van der Waals surface area contributed by atoms with Crippen molar-refractivity contribution in [3.63, 3.8) is 0 Å². The maximum atomic E-state index is 4.34. The standard InChI is InChI=1S/C14H19BrN4/c1-3-19-14(17-10-18-19)9-12(16-2)8-11-6-4-5-7-13(11)15/h4-7,10,12,16H,3,8-9H2,1-2H3. The lowest BCUT2D eigenvalue weighted by molar-refractivity contribution is 0.512. The van der Waals surface area contributed by atoms with Gasteiger partial charge in [-0.1, -0.05) is 34.1 Å². The Bertz CT molecular complexity index is 524. The Morgan fingerprint density at radius 3 is 2.79 bits per heavy atom. The second-order valence-electron chi connectivity index (χ2n) is 4.48. The van der Waals surface area contributed by atoms with Crippen LogP contribution in [0.2, 0.25) is 0 Å². The largest absolute Gasteiger partial charge is 0.316 e. The van der Waals surface area contributed by atoms with E-state index in [9.17, 15) is 0 Å². The molecule has 2 aromatic rings. The Morgan fingerprint density at radius 2 is 2.11 bits per heavy atom. The van der Waals surface area contributed by atoms with Crippen LogP contribution >= 0.6 is 15.9 Å². The molecule has 102 valence electrons. The minimum atomic E-state index is 0.355. The molecular formula is C14H19BrN4. The summed E-state index contributed by atoms with van der Waals surface area (Å²) in [7, 11) is 1.99. The number of rotatable bonds is 6. The number of halogens is 1. The molecule has 0 fully saturated rings. The van der Waals surface area contributed by atoms with Crippen molar-refractivity contribution >= 4 is 15.9 Å². The highest BCUT2D eigenvalue weighted by atomic mass is 79.9. The van der Waals surface area contributed by atoms with Crippen LogP contribution in [0.25, 0.3) is 0 Å². The summed E-state index contributed by atoms with van der Waals surface area (Å²) in [4.78, 5) is 4.34. The molecule has 1 heterocycles. The van der Waals surface area contributed by atoms with Crippen LogP contribution in [0.1, 0.15) is 18.3 Å². The molecule has 0 amide bonds. The summed E-state index contributed by atoms with van der Waals surface area (Å²) in [6.45, 7) is 2.95. The Balaban J connectivity index is 2.07. The first-order valence-electron chi connectivity index (χ1n) is 6.52. The van der Waals surface area contributed by atoms with Crippen molar-refractivity contribution < 1.29 is 0 Å². The molecule has 19 heavy (non-hydrogen) atoms. The van der Waals surface area contributed by atoms with Gasteiger partial charge in [0.2, 0.25) is 0 Å². The highest BCUT2D eigenvalue weighted by Crippen LogP contribution is 2.18. The fourth-order valence-electron chi connectivity index (χ4n) is 2.14. The number of aromatic nitrogens is 3. The number of hydrogen-bond donors (Lipinski definition) is 1. The van der Waals surface area contributed by atoms with Crippen LogP contribution < -0.4 is 5.32 Å². The van der Waals surface area contributed by atoms with Gasteiger partial charge in [-0.15, -0.1) is 0 Å². The van der Waals surface area contributed by atoms with Gasteiger partial charge in [0.25, 0.3) is 0 Å². The first-order valence-corrected chi connectivity index (χ1v) is 7.31. The highest BCUT2D eigenvalue weighted by Gasteiger charge is 2.13. The van der Waals surface area contributed by atoms with E-state index in [-0.39, 0.29) is 0 Å². The van der Waals surface area contributed by atoms with Gasteiger partial charge in [-0.2, -0.15) is 5.10 Å². The van der Waals surface area contributed by atoms with E-state index >= 15 is 0 Å². The lowest BCUT2D eigenvalue weighted by Gasteiger charge is -2.17. The highest BCUT2D eigenvalue weighted by molar-refractivity contribution is 9.10. The fraction of sp³-hybridized carbons (Fsp3) is 0.429. The summed E-state index contributed by atoms with van der Waals surface area (Å²) in [5.41, 5.74) is 1.31. The van der Waals surface area contributed by atoms with Gasteiger partial charge in [-0.05, 0) is 32.0 Å². The van der Waals surface area contributed by atoms with E-state index in [1.165, 1.54) is 5.56 Å². The average molecular weight is 323 g/mol. The maximum Gasteiger partial charge on any atom is 0.138 e. The molecule has 1 N–H and O–H groups in total. The van der Waals surface area contributed by atoms with Crippen molar-refractivity contribution in [1.82, 2.24) is 20.1 Å². The average Bonchev–Trinajstić information content (AvgIpc) is 2.87. The van der Waals surface area contributed by atoms with E-state index in [0.717, 1.165) is 29.7 Å². The predicted octanol–water partition coefficient (Wildman–Crippen LogP) is 2.43. The minimum Gasteiger partial charge on any atom is -0.316 e. The van der Waals surface area contributed by atoms with Crippen molar-refractivity contribution in [2.75, 3.05) is 7.05 Å². The number of nitrogens with zero attached hydrogens (tertiary/aromatic N) is 3. The Labute approximate surface area is 122 Å². The summed E-state index contributed by atoms with van der Waals surface area (Å²) >= 11 is 3.60. The maximum absolute atomic E-state index is 4.34. The third-order valence-corrected chi connectivity index (χ3v) is 4.03. The van der Waals surface area contributed by atoms with Gasteiger partial charge >= 0.3 is 0 Å². The van der Waals surface area contributed by atoms with Gasteiger partial charge in [0.1, 0.15) is 12.2 Å². The van der Waals surface area contributed by atoms with E-state index in [4.69, 9.17) is 0 Å². The van der Waals surface area contributed by atoms with Crippen molar-refractivity contribution in [2.45, 2.75) is 32.4 Å². The van der Waals surface area contributed by atoms with Gasteiger partial charge in [-0.3, -0.25) is 4.68 Å². The third-order valence-electron chi connectivity index (χ3n) is 3.26. The zero-order valence-corrected chi connectivity index (χ0v) is 12.9. The van der Waals surface area contributed by atoms with E-state index in [1.54, 1.807) is 6.33 Å². The fourth-order valence-corrected chi connectivity index (χ4v) is 2.58. The molecule has 0 spiro atoms. The van der Waals surface area contributed by atoms with Crippen LogP contribution in [0.15, 0.2) is 35.1 Å². The number of hydrogen-bond acceptors (Lipinski definition) is 3. The van der Waals surface area contributed by atoms with E-state index in [0.29, 0.717) is 6.04 Å². The van der Waals surface area contributed by atoms with Crippen LogP contribution in [0.5, 0.6) is 0 Å². The molecule has 5 heteroatoms. The van der Waals surface area contributed by atoms with Crippen LogP contribution in [0.3, 0.4) is 0 Å². The minimum absolute atomic E-state index is 0.355. The van der Waals surface area contributed by atoms with Crippen molar-refractivity contribution in [2.24, 2.45) is 0 Å². The number of likely N-dealkylation sites (N-methyl/N-ethyl adjacent to an activating group) is 1. The number of aryl methyl sites for hydroxylation is 1. The molecule has 0 aliphatic heterocycles. The molecule has 0 bridgehead atoms. The Morgan fingerprint density at radius 1 is 1.32 bits per heavy atom. The molecule has 1 atom stereocenters. The normalized spacial score (nSPS) is 12.6. The summed E-state index contributed by atoms with van der Waals surface area (Å²) in [5, 5.41) is 7.58.